The maximum atomic E-state index is 14.6. The van der Waals surface area contributed by atoms with Gasteiger partial charge in [0.05, 0.1) is 11.3 Å². The Kier molecular flexibility index (Phi) is 7.94. The molecule has 1 aromatic carbocycles. The second kappa shape index (κ2) is 10.9. The highest BCUT2D eigenvalue weighted by Gasteiger charge is 2.20. The molecule has 38 heavy (non-hydrogen) atoms. The van der Waals surface area contributed by atoms with Crippen LogP contribution in [0.1, 0.15) is 39.2 Å². The normalized spacial score (nSPS) is 13.6. The van der Waals surface area contributed by atoms with E-state index in [0.717, 1.165) is 22.0 Å². The Labute approximate surface area is 227 Å². The predicted octanol–water partition coefficient (Wildman–Crippen LogP) is 6.17. The van der Waals surface area contributed by atoms with E-state index in [1.807, 2.05) is 26.0 Å². The number of sulfone groups is 1. The van der Waals surface area contributed by atoms with Gasteiger partial charge in [0.25, 0.3) is 0 Å². The van der Waals surface area contributed by atoms with E-state index in [1.165, 1.54) is 17.0 Å². The molecule has 0 radical (unpaired) electrons. The first-order valence-electron chi connectivity index (χ1n) is 12.3. The Morgan fingerprint density at radius 2 is 1.82 bits per heavy atom. The van der Waals surface area contributed by atoms with Crippen LogP contribution in [-0.2, 0) is 16.9 Å². The zero-order chi connectivity index (χ0) is 27.8. The molecule has 0 aliphatic rings. The van der Waals surface area contributed by atoms with Crippen LogP contribution in [0.3, 0.4) is 0 Å². The largest absolute Gasteiger partial charge is 0.382 e. The Morgan fingerprint density at radius 3 is 2.45 bits per heavy atom. The maximum absolute atomic E-state index is 14.6. The summed E-state index contributed by atoms with van der Waals surface area (Å²) in [7, 11) is -1.38. The van der Waals surface area contributed by atoms with Crippen molar-refractivity contribution >= 4 is 49.5 Å². The van der Waals surface area contributed by atoms with Gasteiger partial charge in [0.1, 0.15) is 33.0 Å². The van der Waals surface area contributed by atoms with Crippen LogP contribution in [0.4, 0.5) is 21.7 Å². The fraction of sp³-hybridized carbons (Fsp3) is 0.370. The van der Waals surface area contributed by atoms with Crippen LogP contribution < -0.4 is 10.6 Å². The molecular weight excluding hydrogens is 527 g/mol. The molecule has 0 fully saturated rings. The lowest BCUT2D eigenvalue weighted by molar-refractivity contribution is 0.538. The molecule has 11 heteroatoms. The maximum Gasteiger partial charge on any atom is 0.160 e. The molecule has 0 amide bonds. The monoisotopic (exact) mass is 558 g/mol. The third kappa shape index (κ3) is 6.24. The summed E-state index contributed by atoms with van der Waals surface area (Å²) in [4.78, 5) is 9.03. The van der Waals surface area contributed by atoms with E-state index in [-0.39, 0.29) is 34.5 Å². The van der Waals surface area contributed by atoms with Gasteiger partial charge in [-0.3, -0.25) is 4.68 Å². The van der Waals surface area contributed by atoms with Crippen LogP contribution >= 0.6 is 11.6 Å². The summed E-state index contributed by atoms with van der Waals surface area (Å²) in [5, 5.41) is 12.8. The van der Waals surface area contributed by atoms with E-state index in [2.05, 4.69) is 45.6 Å². The third-order valence-electron chi connectivity index (χ3n) is 6.50. The molecule has 0 bridgehead atoms. The Bertz CT molecular complexity index is 1590. The van der Waals surface area contributed by atoms with Gasteiger partial charge < -0.3 is 10.6 Å². The van der Waals surface area contributed by atoms with Crippen molar-refractivity contribution in [2.24, 2.45) is 13.0 Å². The van der Waals surface area contributed by atoms with Gasteiger partial charge in [-0.2, -0.15) is 5.10 Å². The summed E-state index contributed by atoms with van der Waals surface area (Å²) in [5.41, 5.74) is 2.52. The van der Waals surface area contributed by atoms with Crippen molar-refractivity contribution < 1.29 is 12.8 Å². The predicted molar refractivity (Wildman–Crippen MR) is 152 cm³/mol. The second-order valence-electron chi connectivity index (χ2n) is 10.1. The Hall–Kier alpha value is -3.24. The number of nitrogens with zero attached hydrogens (tertiary/aromatic N) is 4. The van der Waals surface area contributed by atoms with Crippen LogP contribution in [0.15, 0.2) is 42.7 Å². The van der Waals surface area contributed by atoms with Crippen molar-refractivity contribution in [3.8, 4) is 11.3 Å². The second-order valence-corrected chi connectivity index (χ2v) is 12.7. The first-order chi connectivity index (χ1) is 17.8. The first-order valence-corrected chi connectivity index (χ1v) is 14.8. The molecule has 0 aliphatic heterocycles. The number of hydrogen-bond donors (Lipinski definition) is 2. The Morgan fingerprint density at radius 1 is 1.08 bits per heavy atom. The lowest BCUT2D eigenvalue weighted by Gasteiger charge is -2.23. The third-order valence-corrected chi connectivity index (χ3v) is 7.91. The summed E-state index contributed by atoms with van der Waals surface area (Å²) in [6.45, 7) is 8.15. The summed E-state index contributed by atoms with van der Waals surface area (Å²) >= 11 is 6.17. The van der Waals surface area contributed by atoms with Crippen molar-refractivity contribution in [3.63, 3.8) is 0 Å². The number of halogens is 2. The van der Waals surface area contributed by atoms with Crippen molar-refractivity contribution in [3.05, 3.63) is 59.3 Å². The molecule has 0 saturated carbocycles. The molecular formula is C27H32ClFN6O2S. The average molecular weight is 559 g/mol. The lowest BCUT2D eigenvalue weighted by atomic mass is 9.95. The molecule has 4 rings (SSSR count). The van der Waals surface area contributed by atoms with Gasteiger partial charge in [0.2, 0.25) is 0 Å². The lowest BCUT2D eigenvalue weighted by Crippen LogP contribution is -2.29. The summed E-state index contributed by atoms with van der Waals surface area (Å²) in [6.07, 6.45) is 4.65. The molecule has 2 atom stereocenters. The Balaban J connectivity index is 1.68. The van der Waals surface area contributed by atoms with Gasteiger partial charge in [-0.1, -0.05) is 38.4 Å². The van der Waals surface area contributed by atoms with Crippen LogP contribution in [0.25, 0.3) is 22.0 Å². The van der Waals surface area contributed by atoms with Gasteiger partial charge in [-0.25, -0.2) is 22.8 Å². The SMILES string of the molecule is CC(C)c1ccc(N[C@H](C)[C@H](C)CS(C)(=O)=O)c2cnc(Nc3ccc(F)c(-c4cn(C)nc4Cl)n3)cc12. The fourth-order valence-electron chi connectivity index (χ4n) is 4.42. The topological polar surface area (TPSA) is 102 Å². The average Bonchev–Trinajstić information content (AvgIpc) is 3.16. The van der Waals surface area contributed by atoms with E-state index in [0.29, 0.717) is 17.2 Å². The zero-order valence-electron chi connectivity index (χ0n) is 22.3. The molecule has 0 unspecified atom stereocenters. The molecule has 4 aromatic rings. The van der Waals surface area contributed by atoms with Crippen molar-refractivity contribution in [1.29, 1.82) is 0 Å². The highest BCUT2D eigenvalue weighted by molar-refractivity contribution is 7.90. The highest BCUT2D eigenvalue weighted by Crippen LogP contribution is 2.34. The number of aromatic nitrogens is 4. The number of aryl methyl sites for hydroxylation is 1. The van der Waals surface area contributed by atoms with Crippen molar-refractivity contribution in [2.75, 3.05) is 22.6 Å². The molecule has 2 N–H and O–H groups in total. The fourth-order valence-corrected chi connectivity index (χ4v) is 5.92. The van der Waals surface area contributed by atoms with Crippen LogP contribution in [-0.4, -0.2) is 46.2 Å². The molecule has 0 saturated heterocycles. The number of pyridine rings is 2. The van der Waals surface area contributed by atoms with Crippen molar-refractivity contribution in [2.45, 2.75) is 39.7 Å². The minimum atomic E-state index is -3.08. The minimum Gasteiger partial charge on any atom is -0.382 e. The van der Waals surface area contributed by atoms with Crippen LogP contribution in [0.2, 0.25) is 5.15 Å². The molecule has 3 heterocycles. The molecule has 202 valence electrons. The van der Waals surface area contributed by atoms with E-state index in [4.69, 9.17) is 11.6 Å². The number of nitrogens with one attached hydrogen (secondary N) is 2. The zero-order valence-corrected chi connectivity index (χ0v) is 23.8. The molecule has 0 spiro atoms. The van der Waals surface area contributed by atoms with E-state index in [1.54, 1.807) is 25.5 Å². The van der Waals surface area contributed by atoms with Crippen LogP contribution in [0, 0.1) is 11.7 Å². The summed E-state index contributed by atoms with van der Waals surface area (Å²) in [6, 6.07) is 8.84. The van der Waals surface area contributed by atoms with Crippen LogP contribution in [0.5, 0.6) is 0 Å². The van der Waals surface area contributed by atoms with Gasteiger partial charge in [-0.05, 0) is 54.0 Å². The van der Waals surface area contributed by atoms with Crippen molar-refractivity contribution in [1.82, 2.24) is 19.7 Å². The first kappa shape index (κ1) is 27.8. The number of benzene rings is 1. The number of rotatable bonds is 9. The van der Waals surface area contributed by atoms with E-state index < -0.39 is 15.7 Å². The minimum absolute atomic E-state index is 0.0724. The van der Waals surface area contributed by atoms with Gasteiger partial charge >= 0.3 is 0 Å². The van der Waals surface area contributed by atoms with Gasteiger partial charge in [-0.15, -0.1) is 0 Å². The van der Waals surface area contributed by atoms with Gasteiger partial charge in [0.15, 0.2) is 5.15 Å². The van der Waals surface area contributed by atoms with E-state index >= 15 is 0 Å². The number of hydrogen-bond acceptors (Lipinski definition) is 7. The van der Waals surface area contributed by atoms with Gasteiger partial charge in [0, 0.05) is 42.8 Å². The summed E-state index contributed by atoms with van der Waals surface area (Å²) in [5.74, 6) is 0.743. The number of fused-ring (bicyclic) bond motifs is 1. The highest BCUT2D eigenvalue weighted by atomic mass is 35.5. The smallest absolute Gasteiger partial charge is 0.160 e. The quantitative estimate of drug-likeness (QED) is 0.253. The standard InChI is InChI=1S/C27H32ClFN6O2S/c1-15(2)18-7-9-23(31-17(4)16(3)14-38(6,36)37)20-12-30-25(11-19(18)20)32-24-10-8-22(29)26(33-24)21-13-35(5)34-27(21)28/h7-13,15-17,31H,14H2,1-6H3,(H,30,32,33)/t16-,17-/m1/s1. The molecule has 8 nitrogen and oxygen atoms in total. The summed E-state index contributed by atoms with van der Waals surface area (Å²) < 4.78 is 39.6. The van der Waals surface area contributed by atoms with E-state index in [9.17, 15) is 12.8 Å². The molecule has 0 aliphatic carbocycles. The number of anilines is 3. The molecule has 3 aromatic heterocycles.